The maximum atomic E-state index is 13.4. The molecule has 1 atom stereocenters. The molecule has 0 radical (unpaired) electrons. The summed E-state index contributed by atoms with van der Waals surface area (Å²) in [7, 11) is 0. The molecule has 6 nitrogen and oxygen atoms in total. The molecule has 184 valence electrons. The first-order valence-electron chi connectivity index (χ1n) is 12.4. The predicted molar refractivity (Wildman–Crippen MR) is 137 cm³/mol. The average molecular weight is 495 g/mol. The number of likely N-dealkylation sites (tertiary alicyclic amines) is 1. The molecule has 0 saturated carbocycles. The summed E-state index contributed by atoms with van der Waals surface area (Å²) >= 11 is 6.04. The van der Waals surface area contributed by atoms with Crippen LogP contribution in [0.3, 0.4) is 0 Å². The molecule has 0 spiro atoms. The van der Waals surface area contributed by atoms with E-state index in [-0.39, 0.29) is 23.9 Å². The number of nitrogens with one attached hydrogen (secondary N) is 1. The van der Waals surface area contributed by atoms with E-state index < -0.39 is 5.60 Å². The number of fused-ring (bicyclic) bond motifs is 3. The SMILES string of the molecule is Cc1c(C(=O)NCCN2CCCCCC2)oc2ccc3c(c12)C(=O)C[C@](C)(c1ccc(Cl)cc1)O3. The number of benzene rings is 2. The monoisotopic (exact) mass is 494 g/mol. The van der Waals surface area contributed by atoms with Gasteiger partial charge in [0.2, 0.25) is 0 Å². The van der Waals surface area contributed by atoms with Gasteiger partial charge < -0.3 is 19.4 Å². The number of nitrogens with zero attached hydrogens (tertiary/aromatic N) is 1. The zero-order valence-electron chi connectivity index (χ0n) is 20.3. The number of rotatable bonds is 5. The lowest BCUT2D eigenvalue weighted by molar-refractivity contribution is 0.0507. The molecule has 3 aromatic rings. The smallest absolute Gasteiger partial charge is 0.287 e. The van der Waals surface area contributed by atoms with Gasteiger partial charge in [0.15, 0.2) is 11.5 Å². The fourth-order valence-corrected chi connectivity index (χ4v) is 5.43. The van der Waals surface area contributed by atoms with E-state index in [1.807, 2.05) is 26.0 Å². The third-order valence-corrected chi connectivity index (χ3v) is 7.49. The van der Waals surface area contributed by atoms with Crippen LogP contribution in [0.15, 0.2) is 40.8 Å². The highest BCUT2D eigenvalue weighted by atomic mass is 35.5. The molecule has 0 unspecified atom stereocenters. The lowest BCUT2D eigenvalue weighted by Crippen LogP contribution is -2.36. The van der Waals surface area contributed by atoms with Gasteiger partial charge in [-0.05, 0) is 69.6 Å². The van der Waals surface area contributed by atoms with E-state index in [1.54, 1.807) is 24.3 Å². The molecule has 5 rings (SSSR count). The van der Waals surface area contributed by atoms with Crippen molar-refractivity contribution in [2.75, 3.05) is 26.2 Å². The Morgan fingerprint density at radius 1 is 1.09 bits per heavy atom. The van der Waals surface area contributed by atoms with Gasteiger partial charge in [0.1, 0.15) is 16.9 Å². The van der Waals surface area contributed by atoms with Gasteiger partial charge in [-0.15, -0.1) is 0 Å². The quantitative estimate of drug-likeness (QED) is 0.479. The van der Waals surface area contributed by atoms with Crippen molar-refractivity contribution >= 4 is 34.3 Å². The Morgan fingerprint density at radius 3 is 2.51 bits per heavy atom. The molecule has 1 amide bonds. The van der Waals surface area contributed by atoms with E-state index in [0.717, 1.165) is 25.2 Å². The zero-order valence-corrected chi connectivity index (χ0v) is 21.0. The number of hydrogen-bond acceptors (Lipinski definition) is 5. The molecule has 1 fully saturated rings. The number of carbonyl (C=O) groups is 2. The lowest BCUT2D eigenvalue weighted by atomic mass is 9.84. The highest BCUT2D eigenvalue weighted by Gasteiger charge is 2.40. The van der Waals surface area contributed by atoms with Crippen LogP contribution in [0, 0.1) is 6.92 Å². The second-order valence-electron chi connectivity index (χ2n) is 9.82. The molecule has 0 bridgehead atoms. The lowest BCUT2D eigenvalue weighted by Gasteiger charge is -2.35. The van der Waals surface area contributed by atoms with Gasteiger partial charge in [-0.1, -0.05) is 36.6 Å². The van der Waals surface area contributed by atoms with E-state index in [2.05, 4.69) is 10.2 Å². The molecule has 2 aromatic carbocycles. The molecule has 1 aromatic heterocycles. The number of ether oxygens (including phenoxy) is 1. The Bertz CT molecular complexity index is 1260. The fourth-order valence-electron chi connectivity index (χ4n) is 5.30. The van der Waals surface area contributed by atoms with E-state index in [4.69, 9.17) is 20.8 Å². The summed E-state index contributed by atoms with van der Waals surface area (Å²) < 4.78 is 12.3. The number of hydrogen-bond donors (Lipinski definition) is 1. The third kappa shape index (κ3) is 4.69. The van der Waals surface area contributed by atoms with Gasteiger partial charge in [-0.3, -0.25) is 9.59 Å². The van der Waals surface area contributed by atoms with Crippen molar-refractivity contribution in [2.24, 2.45) is 0 Å². The molecule has 2 aliphatic heterocycles. The fraction of sp³-hybridized carbons (Fsp3) is 0.429. The molecule has 1 N–H and O–H groups in total. The number of furan rings is 1. The van der Waals surface area contributed by atoms with Crippen molar-refractivity contribution in [1.82, 2.24) is 10.2 Å². The van der Waals surface area contributed by atoms with Crippen LogP contribution in [-0.2, 0) is 5.60 Å². The van der Waals surface area contributed by atoms with Gasteiger partial charge in [0.05, 0.1) is 12.0 Å². The van der Waals surface area contributed by atoms with Gasteiger partial charge in [0.25, 0.3) is 5.91 Å². The molecule has 7 heteroatoms. The van der Waals surface area contributed by atoms with Crippen molar-refractivity contribution < 1.29 is 18.7 Å². The number of Topliss-reactive ketones (excluding diaryl/α,β-unsaturated/α-hetero) is 1. The van der Waals surface area contributed by atoms with Crippen molar-refractivity contribution in [1.29, 1.82) is 0 Å². The van der Waals surface area contributed by atoms with E-state index in [1.165, 1.54) is 25.7 Å². The molecule has 1 saturated heterocycles. The second-order valence-corrected chi connectivity index (χ2v) is 10.3. The van der Waals surface area contributed by atoms with E-state index in [9.17, 15) is 9.59 Å². The number of amides is 1. The summed E-state index contributed by atoms with van der Waals surface area (Å²) in [5, 5.41) is 4.29. The minimum Gasteiger partial charge on any atom is -0.482 e. The number of aryl methyl sites for hydroxylation is 1. The summed E-state index contributed by atoms with van der Waals surface area (Å²) in [5.41, 5.74) is 1.75. The first kappa shape index (κ1) is 23.9. The Labute approximate surface area is 210 Å². The maximum Gasteiger partial charge on any atom is 0.287 e. The Kier molecular flexibility index (Phi) is 6.60. The molecule has 3 heterocycles. The Balaban J connectivity index is 1.37. The largest absolute Gasteiger partial charge is 0.482 e. The minimum absolute atomic E-state index is 0.0358. The zero-order chi connectivity index (χ0) is 24.6. The normalized spacial score (nSPS) is 20.8. The number of ketones is 1. The predicted octanol–water partition coefficient (Wildman–Crippen LogP) is 5.88. The summed E-state index contributed by atoms with van der Waals surface area (Å²) in [6.07, 6.45) is 5.19. The summed E-state index contributed by atoms with van der Waals surface area (Å²) in [6, 6.07) is 10.9. The minimum atomic E-state index is -0.798. The van der Waals surface area contributed by atoms with Crippen molar-refractivity contribution in [3.63, 3.8) is 0 Å². The summed E-state index contributed by atoms with van der Waals surface area (Å²) in [6.45, 7) is 7.30. The van der Waals surface area contributed by atoms with Crippen LogP contribution < -0.4 is 10.1 Å². The van der Waals surface area contributed by atoms with Crippen LogP contribution in [0.25, 0.3) is 11.0 Å². The van der Waals surface area contributed by atoms with Gasteiger partial charge in [-0.25, -0.2) is 0 Å². The molecule has 0 aliphatic carbocycles. The maximum absolute atomic E-state index is 13.4. The second kappa shape index (κ2) is 9.67. The molecule has 35 heavy (non-hydrogen) atoms. The van der Waals surface area contributed by atoms with Crippen LogP contribution in [0.1, 0.15) is 71.1 Å². The van der Waals surface area contributed by atoms with Crippen LogP contribution in [0.2, 0.25) is 5.02 Å². The van der Waals surface area contributed by atoms with Gasteiger partial charge >= 0.3 is 0 Å². The third-order valence-electron chi connectivity index (χ3n) is 7.24. The molecule has 2 aliphatic rings. The topological polar surface area (TPSA) is 71.8 Å². The number of carbonyl (C=O) groups excluding carboxylic acids is 2. The van der Waals surface area contributed by atoms with Crippen LogP contribution in [0.4, 0.5) is 0 Å². The number of halogens is 1. The van der Waals surface area contributed by atoms with E-state index >= 15 is 0 Å². The van der Waals surface area contributed by atoms with Crippen LogP contribution in [0.5, 0.6) is 5.75 Å². The average Bonchev–Trinajstić information content (AvgIpc) is 2.99. The van der Waals surface area contributed by atoms with Crippen molar-refractivity contribution in [2.45, 2.75) is 51.6 Å². The van der Waals surface area contributed by atoms with Gasteiger partial charge in [-0.2, -0.15) is 0 Å². The standard InChI is InChI=1S/C28H31ClN2O4/c1-18-24-22(34-26(18)27(33)30-13-16-31-14-5-3-4-6-15-31)11-12-23-25(24)21(32)17-28(2,35-23)19-7-9-20(29)10-8-19/h7-12H,3-6,13-17H2,1-2H3,(H,30,33)/t28-/m1/s1. The molecular weight excluding hydrogens is 464 g/mol. The summed E-state index contributed by atoms with van der Waals surface area (Å²) in [4.78, 5) is 28.8. The van der Waals surface area contributed by atoms with Crippen molar-refractivity contribution in [3.05, 3.63) is 63.9 Å². The summed E-state index contributed by atoms with van der Waals surface area (Å²) in [5.74, 6) is 0.468. The van der Waals surface area contributed by atoms with E-state index in [0.29, 0.717) is 39.4 Å². The van der Waals surface area contributed by atoms with Gasteiger partial charge in [0, 0.05) is 29.1 Å². The molecular formula is C28H31ClN2O4. The Morgan fingerprint density at radius 2 is 1.80 bits per heavy atom. The Hall–Kier alpha value is -2.83. The van der Waals surface area contributed by atoms with Crippen LogP contribution >= 0.6 is 11.6 Å². The van der Waals surface area contributed by atoms with Crippen molar-refractivity contribution in [3.8, 4) is 5.75 Å². The van der Waals surface area contributed by atoms with Crippen LogP contribution in [-0.4, -0.2) is 42.8 Å². The first-order chi connectivity index (χ1) is 16.9. The first-order valence-corrected chi connectivity index (χ1v) is 12.8. The highest BCUT2D eigenvalue weighted by molar-refractivity contribution is 6.30. The highest BCUT2D eigenvalue weighted by Crippen LogP contribution is 2.44.